The van der Waals surface area contributed by atoms with Crippen LogP contribution >= 0.6 is 22.9 Å². The average molecular weight is 211 g/mol. The maximum absolute atomic E-state index is 5.98. The van der Waals surface area contributed by atoms with E-state index >= 15 is 0 Å². The molecule has 0 fully saturated rings. The predicted octanol–water partition coefficient (Wildman–Crippen LogP) is 3.05. The quantitative estimate of drug-likeness (QED) is 0.786. The second-order valence-corrected chi connectivity index (χ2v) is 4.06. The van der Waals surface area contributed by atoms with Gasteiger partial charge in [0.1, 0.15) is 10.2 Å². The smallest absolute Gasteiger partial charge is 0.131 e. The van der Waals surface area contributed by atoms with Crippen molar-refractivity contribution in [3.05, 3.63) is 34.1 Å². The molecule has 0 radical (unpaired) electrons. The Labute approximate surface area is 85.0 Å². The normalized spacial score (nSPS) is 10.2. The van der Waals surface area contributed by atoms with Crippen LogP contribution in [0.2, 0.25) is 4.34 Å². The van der Waals surface area contributed by atoms with Crippen molar-refractivity contribution in [1.82, 2.24) is 4.98 Å². The molecule has 0 bridgehead atoms. The first-order chi connectivity index (χ1) is 6.29. The molecule has 0 saturated heterocycles. The highest BCUT2D eigenvalue weighted by atomic mass is 35.5. The molecule has 0 aliphatic rings. The second kappa shape index (κ2) is 3.36. The number of hydrogen-bond donors (Lipinski definition) is 1. The first kappa shape index (κ1) is 8.53. The zero-order valence-corrected chi connectivity index (χ0v) is 8.27. The molecule has 0 aromatic carbocycles. The van der Waals surface area contributed by atoms with Crippen molar-refractivity contribution in [2.45, 2.75) is 0 Å². The fraction of sp³-hybridized carbons (Fsp3) is 0. The van der Waals surface area contributed by atoms with Gasteiger partial charge in [0.05, 0.1) is 0 Å². The van der Waals surface area contributed by atoms with Gasteiger partial charge in [0, 0.05) is 17.3 Å². The van der Waals surface area contributed by atoms with E-state index in [1.165, 1.54) is 11.3 Å². The molecule has 4 heteroatoms. The highest BCUT2D eigenvalue weighted by molar-refractivity contribution is 7.15. The van der Waals surface area contributed by atoms with Gasteiger partial charge in [0.25, 0.3) is 0 Å². The summed E-state index contributed by atoms with van der Waals surface area (Å²) in [5.74, 6) is 0.516. The summed E-state index contributed by atoms with van der Waals surface area (Å²) < 4.78 is 0.750. The van der Waals surface area contributed by atoms with Gasteiger partial charge in [-0.05, 0) is 23.6 Å². The summed E-state index contributed by atoms with van der Waals surface area (Å²) in [7, 11) is 0. The summed E-state index contributed by atoms with van der Waals surface area (Å²) in [4.78, 5) is 4.00. The number of hydrogen-bond acceptors (Lipinski definition) is 3. The number of nitrogens with zero attached hydrogens (tertiary/aromatic N) is 1. The largest absolute Gasteiger partial charge is 0.383 e. The Hall–Kier alpha value is -1.06. The van der Waals surface area contributed by atoms with Crippen LogP contribution in [-0.4, -0.2) is 4.98 Å². The third-order valence-corrected chi connectivity index (χ3v) is 2.92. The van der Waals surface area contributed by atoms with Crippen molar-refractivity contribution in [2.75, 3.05) is 5.73 Å². The lowest BCUT2D eigenvalue weighted by atomic mass is 10.1. The number of pyridine rings is 1. The molecule has 66 valence electrons. The topological polar surface area (TPSA) is 38.9 Å². The van der Waals surface area contributed by atoms with Gasteiger partial charge in [-0.25, -0.2) is 4.98 Å². The van der Waals surface area contributed by atoms with Gasteiger partial charge in [0.2, 0.25) is 0 Å². The van der Waals surface area contributed by atoms with Gasteiger partial charge in [0.15, 0.2) is 0 Å². The first-order valence-electron chi connectivity index (χ1n) is 3.73. The van der Waals surface area contributed by atoms with Crippen LogP contribution in [0, 0.1) is 0 Å². The van der Waals surface area contributed by atoms with E-state index in [9.17, 15) is 0 Å². The monoisotopic (exact) mass is 210 g/mol. The van der Waals surface area contributed by atoms with Crippen molar-refractivity contribution < 1.29 is 0 Å². The number of thiophene rings is 1. The van der Waals surface area contributed by atoms with Crippen LogP contribution in [0.3, 0.4) is 0 Å². The highest BCUT2D eigenvalue weighted by Gasteiger charge is 2.07. The van der Waals surface area contributed by atoms with E-state index in [-0.39, 0.29) is 0 Å². The zero-order valence-electron chi connectivity index (χ0n) is 6.70. The molecular weight excluding hydrogens is 204 g/mol. The van der Waals surface area contributed by atoms with Crippen LogP contribution in [0.1, 0.15) is 0 Å². The van der Waals surface area contributed by atoms with E-state index in [2.05, 4.69) is 4.98 Å². The fourth-order valence-corrected chi connectivity index (χ4v) is 2.08. The average Bonchev–Trinajstić information content (AvgIpc) is 2.52. The van der Waals surface area contributed by atoms with E-state index in [1.807, 2.05) is 23.6 Å². The third-order valence-electron chi connectivity index (χ3n) is 1.75. The number of aromatic nitrogens is 1. The van der Waals surface area contributed by atoms with Crippen molar-refractivity contribution in [1.29, 1.82) is 0 Å². The number of rotatable bonds is 1. The predicted molar refractivity (Wildman–Crippen MR) is 57.0 cm³/mol. The molecule has 2 nitrogen and oxygen atoms in total. The van der Waals surface area contributed by atoms with Gasteiger partial charge in [-0.3, -0.25) is 0 Å². The van der Waals surface area contributed by atoms with E-state index in [4.69, 9.17) is 17.3 Å². The van der Waals surface area contributed by atoms with Crippen LogP contribution in [-0.2, 0) is 0 Å². The summed E-state index contributed by atoms with van der Waals surface area (Å²) in [5.41, 5.74) is 7.57. The Morgan fingerprint density at radius 3 is 2.77 bits per heavy atom. The number of anilines is 1. The molecule has 2 aromatic rings. The standard InChI is InChI=1S/C9H7ClN2S/c10-8-6(3-5-13-8)7-2-1-4-12-9(7)11/h1-5H,(H2,11,12). The fourth-order valence-electron chi connectivity index (χ4n) is 1.13. The van der Waals surface area contributed by atoms with Gasteiger partial charge < -0.3 is 5.73 Å². The first-order valence-corrected chi connectivity index (χ1v) is 4.98. The van der Waals surface area contributed by atoms with Crippen LogP contribution in [0.4, 0.5) is 5.82 Å². The summed E-state index contributed by atoms with van der Waals surface area (Å²) in [6.45, 7) is 0. The maximum Gasteiger partial charge on any atom is 0.131 e. The SMILES string of the molecule is Nc1ncccc1-c1ccsc1Cl. The second-order valence-electron chi connectivity index (χ2n) is 2.54. The molecule has 0 aliphatic carbocycles. The van der Waals surface area contributed by atoms with E-state index in [0.29, 0.717) is 5.82 Å². The van der Waals surface area contributed by atoms with E-state index in [0.717, 1.165) is 15.5 Å². The Morgan fingerprint density at radius 2 is 2.15 bits per heavy atom. The van der Waals surface area contributed by atoms with Crippen LogP contribution in [0.15, 0.2) is 29.8 Å². The van der Waals surface area contributed by atoms with E-state index < -0.39 is 0 Å². The summed E-state index contributed by atoms with van der Waals surface area (Å²) >= 11 is 7.47. The van der Waals surface area contributed by atoms with Gasteiger partial charge in [-0.15, -0.1) is 11.3 Å². The molecule has 0 amide bonds. The number of nitrogens with two attached hydrogens (primary N) is 1. The summed E-state index contributed by atoms with van der Waals surface area (Å²) in [6, 6.07) is 5.70. The Kier molecular flexibility index (Phi) is 2.20. The molecular formula is C9H7ClN2S. The Balaban J connectivity index is 2.59. The number of nitrogen functional groups attached to an aromatic ring is 1. The molecule has 2 N–H and O–H groups in total. The lowest BCUT2D eigenvalue weighted by Crippen LogP contribution is -1.91. The van der Waals surface area contributed by atoms with E-state index in [1.54, 1.807) is 6.20 Å². The lowest BCUT2D eigenvalue weighted by molar-refractivity contribution is 1.34. The summed E-state index contributed by atoms with van der Waals surface area (Å²) in [5, 5.41) is 1.93. The van der Waals surface area contributed by atoms with Crippen molar-refractivity contribution in [3.63, 3.8) is 0 Å². The zero-order chi connectivity index (χ0) is 9.26. The lowest BCUT2D eigenvalue weighted by Gasteiger charge is -2.01. The summed E-state index contributed by atoms with van der Waals surface area (Å²) in [6.07, 6.45) is 1.67. The van der Waals surface area contributed by atoms with Gasteiger partial charge in [-0.2, -0.15) is 0 Å². The number of halogens is 1. The van der Waals surface area contributed by atoms with Crippen molar-refractivity contribution in [2.24, 2.45) is 0 Å². The Morgan fingerprint density at radius 1 is 1.31 bits per heavy atom. The van der Waals surface area contributed by atoms with Crippen molar-refractivity contribution in [3.8, 4) is 11.1 Å². The highest BCUT2D eigenvalue weighted by Crippen LogP contribution is 2.34. The molecule has 0 unspecified atom stereocenters. The minimum Gasteiger partial charge on any atom is -0.383 e. The van der Waals surface area contributed by atoms with Gasteiger partial charge >= 0.3 is 0 Å². The molecule has 13 heavy (non-hydrogen) atoms. The minimum atomic E-state index is 0.516. The molecule has 2 heterocycles. The maximum atomic E-state index is 5.98. The van der Waals surface area contributed by atoms with Crippen LogP contribution in [0.25, 0.3) is 11.1 Å². The van der Waals surface area contributed by atoms with Gasteiger partial charge in [-0.1, -0.05) is 11.6 Å². The molecule has 0 atom stereocenters. The molecule has 2 rings (SSSR count). The molecule has 2 aromatic heterocycles. The third kappa shape index (κ3) is 1.53. The molecule has 0 aliphatic heterocycles. The minimum absolute atomic E-state index is 0.516. The van der Waals surface area contributed by atoms with Crippen LogP contribution < -0.4 is 5.73 Å². The molecule has 0 saturated carbocycles. The molecule has 0 spiro atoms. The Bertz CT molecular complexity index is 425. The van der Waals surface area contributed by atoms with Crippen molar-refractivity contribution >= 4 is 28.8 Å². The van der Waals surface area contributed by atoms with Crippen LogP contribution in [0.5, 0.6) is 0 Å².